The van der Waals surface area contributed by atoms with E-state index >= 15 is 0 Å². The Hall–Kier alpha value is -5.07. The lowest BCUT2D eigenvalue weighted by atomic mass is 10.1. The summed E-state index contributed by atoms with van der Waals surface area (Å²) in [6.07, 6.45) is -3.68. The van der Waals surface area contributed by atoms with Crippen molar-refractivity contribution >= 4 is 35.3 Å². The van der Waals surface area contributed by atoms with Gasteiger partial charge < -0.3 is 4.74 Å². The first-order chi connectivity index (χ1) is 17.4. The number of hydrogen-bond acceptors (Lipinski definition) is 6. The van der Waals surface area contributed by atoms with Gasteiger partial charge in [0.15, 0.2) is 0 Å². The Morgan fingerprint density at radius 1 is 0.973 bits per heavy atom. The molecule has 0 unspecified atom stereocenters. The topological polar surface area (TPSA) is 119 Å². The van der Waals surface area contributed by atoms with Crippen molar-refractivity contribution in [3.05, 3.63) is 99.4 Å². The Bertz CT molecular complexity index is 1470. The molecule has 9 nitrogen and oxygen atoms in total. The summed E-state index contributed by atoms with van der Waals surface area (Å²) in [6, 6.07) is 10.6. The predicted molar refractivity (Wildman–Crippen MR) is 120 cm³/mol. The van der Waals surface area contributed by atoms with Gasteiger partial charge in [0.1, 0.15) is 17.1 Å². The minimum Gasteiger partial charge on any atom is -0.450 e. The first-order valence-electron chi connectivity index (χ1n) is 10.2. The van der Waals surface area contributed by atoms with Crippen LogP contribution in [0.25, 0.3) is 6.08 Å². The number of amides is 4. The molecule has 0 saturated carbocycles. The molecule has 3 aromatic rings. The molecule has 4 amide bonds. The van der Waals surface area contributed by atoms with Gasteiger partial charge in [0.2, 0.25) is 5.75 Å². The molecule has 1 N–H and O–H groups in total. The quantitative estimate of drug-likeness (QED) is 0.164. The maximum atomic E-state index is 13.2. The summed E-state index contributed by atoms with van der Waals surface area (Å²) in [5.74, 6) is -3.12. The summed E-state index contributed by atoms with van der Waals surface area (Å²) in [5.41, 5.74) is -2.41. The number of rotatable bonds is 5. The van der Waals surface area contributed by atoms with Crippen LogP contribution in [-0.2, 0) is 15.8 Å². The lowest BCUT2D eigenvalue weighted by Gasteiger charge is -2.26. The smallest absolute Gasteiger partial charge is 0.416 e. The summed E-state index contributed by atoms with van der Waals surface area (Å²) >= 11 is 0. The number of nitrogens with one attached hydrogen (secondary N) is 1. The minimum absolute atomic E-state index is 0.00833. The van der Waals surface area contributed by atoms with Crippen molar-refractivity contribution in [2.24, 2.45) is 0 Å². The molecule has 1 saturated heterocycles. The van der Waals surface area contributed by atoms with Gasteiger partial charge in [-0.05, 0) is 60.2 Å². The molecule has 3 aromatic carbocycles. The zero-order valence-corrected chi connectivity index (χ0v) is 18.3. The van der Waals surface area contributed by atoms with E-state index in [2.05, 4.69) is 0 Å². The third-order valence-electron chi connectivity index (χ3n) is 5.07. The molecule has 1 fully saturated rings. The summed E-state index contributed by atoms with van der Waals surface area (Å²) in [5, 5.41) is 13.3. The number of anilines is 1. The van der Waals surface area contributed by atoms with E-state index in [4.69, 9.17) is 4.74 Å². The lowest BCUT2D eigenvalue weighted by Crippen LogP contribution is -2.54. The second-order valence-electron chi connectivity index (χ2n) is 7.55. The number of halogens is 4. The molecule has 1 aliphatic heterocycles. The Labute approximate surface area is 204 Å². The molecular weight excluding hydrogens is 502 g/mol. The molecule has 0 spiro atoms. The van der Waals surface area contributed by atoms with Crippen LogP contribution >= 0.6 is 0 Å². The number of barbiturate groups is 1. The third-order valence-corrected chi connectivity index (χ3v) is 5.07. The average molecular weight is 515 g/mol. The number of benzene rings is 3. The van der Waals surface area contributed by atoms with Gasteiger partial charge in [0, 0.05) is 6.07 Å². The monoisotopic (exact) mass is 515 g/mol. The second kappa shape index (κ2) is 9.53. The standard InChI is InChI=1S/C24H13F4N3O6/c25-15-5-7-16(8-6-15)30-22(33)18(21(32)29-23(30)34)11-13-2-1-3-17(10-13)37-20-9-4-14(24(26,27)28)12-19(20)31(35)36/h1-12H,(H,29,32,34)/b18-11-. The van der Waals surface area contributed by atoms with Crippen LogP contribution in [0.2, 0.25) is 0 Å². The van der Waals surface area contributed by atoms with Gasteiger partial charge >= 0.3 is 17.9 Å². The van der Waals surface area contributed by atoms with Gasteiger partial charge in [-0.15, -0.1) is 0 Å². The molecule has 1 aliphatic rings. The fourth-order valence-electron chi connectivity index (χ4n) is 3.37. The number of imide groups is 2. The minimum atomic E-state index is -4.80. The van der Waals surface area contributed by atoms with Crippen LogP contribution in [0, 0.1) is 15.9 Å². The fraction of sp³-hybridized carbons (Fsp3) is 0.0417. The first-order valence-corrected chi connectivity index (χ1v) is 10.2. The van der Waals surface area contributed by atoms with Gasteiger partial charge in [-0.3, -0.25) is 25.0 Å². The molecule has 37 heavy (non-hydrogen) atoms. The zero-order chi connectivity index (χ0) is 26.9. The van der Waals surface area contributed by atoms with Crippen LogP contribution in [-0.4, -0.2) is 22.8 Å². The van der Waals surface area contributed by atoms with E-state index in [0.29, 0.717) is 17.0 Å². The molecule has 0 aromatic heterocycles. The van der Waals surface area contributed by atoms with Crippen molar-refractivity contribution in [2.45, 2.75) is 6.18 Å². The van der Waals surface area contributed by atoms with Gasteiger partial charge in [-0.25, -0.2) is 14.1 Å². The van der Waals surface area contributed by atoms with E-state index in [1.54, 1.807) is 0 Å². The Morgan fingerprint density at radius 2 is 1.68 bits per heavy atom. The van der Waals surface area contributed by atoms with Crippen molar-refractivity contribution < 1.29 is 41.6 Å². The molecule has 13 heteroatoms. The molecule has 188 valence electrons. The van der Waals surface area contributed by atoms with E-state index in [0.717, 1.165) is 24.3 Å². The average Bonchev–Trinajstić information content (AvgIpc) is 2.82. The highest BCUT2D eigenvalue weighted by molar-refractivity contribution is 6.39. The molecule has 0 radical (unpaired) electrons. The maximum Gasteiger partial charge on any atom is 0.416 e. The number of hydrogen-bond donors (Lipinski definition) is 1. The van der Waals surface area contributed by atoms with Crippen molar-refractivity contribution in [1.29, 1.82) is 0 Å². The van der Waals surface area contributed by atoms with Crippen LogP contribution in [0.5, 0.6) is 11.5 Å². The van der Waals surface area contributed by atoms with Gasteiger partial charge in [0.05, 0.1) is 16.2 Å². The molecule has 4 rings (SSSR count). The number of carbonyl (C=O) groups excluding carboxylic acids is 3. The summed E-state index contributed by atoms with van der Waals surface area (Å²) in [6.45, 7) is 0. The third kappa shape index (κ3) is 5.29. The highest BCUT2D eigenvalue weighted by Gasteiger charge is 2.37. The van der Waals surface area contributed by atoms with Crippen LogP contribution in [0.15, 0.2) is 72.3 Å². The highest BCUT2D eigenvalue weighted by Crippen LogP contribution is 2.38. The molecule has 0 aliphatic carbocycles. The van der Waals surface area contributed by atoms with E-state index in [9.17, 15) is 42.1 Å². The summed E-state index contributed by atoms with van der Waals surface area (Å²) < 4.78 is 57.5. The van der Waals surface area contributed by atoms with E-state index in [-0.39, 0.29) is 17.0 Å². The van der Waals surface area contributed by atoms with Crippen molar-refractivity contribution in [2.75, 3.05) is 4.90 Å². The first kappa shape index (κ1) is 25.0. The van der Waals surface area contributed by atoms with Crippen LogP contribution < -0.4 is 15.0 Å². The molecule has 0 bridgehead atoms. The normalized spacial score (nSPS) is 15.1. The molecule has 1 heterocycles. The number of nitrogens with zero attached hydrogens (tertiary/aromatic N) is 2. The Balaban J connectivity index is 1.65. The number of ether oxygens (including phenoxy) is 1. The van der Waals surface area contributed by atoms with Gasteiger partial charge in [0.25, 0.3) is 11.8 Å². The van der Waals surface area contributed by atoms with Crippen molar-refractivity contribution in [3.8, 4) is 11.5 Å². The van der Waals surface area contributed by atoms with Crippen molar-refractivity contribution in [3.63, 3.8) is 0 Å². The molecule has 0 atom stereocenters. The molecular formula is C24H13F4N3O6. The predicted octanol–water partition coefficient (Wildman–Crippen LogP) is 5.21. The number of alkyl halides is 3. The number of nitro groups is 1. The summed E-state index contributed by atoms with van der Waals surface area (Å²) in [4.78, 5) is 48.4. The number of carbonyl (C=O) groups is 3. The second-order valence-corrected chi connectivity index (χ2v) is 7.55. The van der Waals surface area contributed by atoms with Gasteiger partial charge in [-0.2, -0.15) is 13.2 Å². The van der Waals surface area contributed by atoms with Crippen LogP contribution in [0.1, 0.15) is 11.1 Å². The SMILES string of the molecule is O=C1NC(=O)N(c2ccc(F)cc2)C(=O)/C1=C\c1cccc(Oc2ccc(C(F)(F)F)cc2[N+](=O)[O-])c1. The Morgan fingerprint density at radius 3 is 2.32 bits per heavy atom. The van der Waals surface area contributed by atoms with E-state index in [1.165, 1.54) is 36.4 Å². The number of urea groups is 1. The fourth-order valence-corrected chi connectivity index (χ4v) is 3.37. The van der Waals surface area contributed by atoms with E-state index < -0.39 is 57.3 Å². The van der Waals surface area contributed by atoms with Gasteiger partial charge in [-0.1, -0.05) is 12.1 Å². The van der Waals surface area contributed by atoms with E-state index in [1.807, 2.05) is 5.32 Å². The lowest BCUT2D eigenvalue weighted by molar-refractivity contribution is -0.385. The highest BCUT2D eigenvalue weighted by atomic mass is 19.4. The van der Waals surface area contributed by atoms with Crippen LogP contribution in [0.3, 0.4) is 0 Å². The largest absolute Gasteiger partial charge is 0.450 e. The van der Waals surface area contributed by atoms with Crippen LogP contribution in [0.4, 0.5) is 33.7 Å². The maximum absolute atomic E-state index is 13.2. The zero-order valence-electron chi connectivity index (χ0n) is 18.3. The van der Waals surface area contributed by atoms with Crippen molar-refractivity contribution in [1.82, 2.24) is 5.32 Å². The number of nitro benzene ring substituents is 1. The summed E-state index contributed by atoms with van der Waals surface area (Å²) in [7, 11) is 0. The Kier molecular flexibility index (Phi) is 6.45.